The van der Waals surface area contributed by atoms with E-state index < -0.39 is 14.8 Å². The third-order valence-corrected chi connectivity index (χ3v) is 5.56. The van der Waals surface area contributed by atoms with Crippen LogP contribution in [0.15, 0.2) is 42.5 Å². The maximum atomic E-state index is 11.5. The van der Waals surface area contributed by atoms with Crippen LogP contribution in [0.1, 0.15) is 20.8 Å². The molecule has 0 aliphatic rings. The minimum absolute atomic E-state index is 0.171. The molecule has 0 atom stereocenters. The third-order valence-electron chi connectivity index (χ3n) is 2.73. The van der Waals surface area contributed by atoms with Crippen LogP contribution < -0.4 is 4.43 Å². The zero-order valence-corrected chi connectivity index (χ0v) is 14.5. The van der Waals surface area contributed by atoms with E-state index in [0.717, 1.165) is 0 Å². The van der Waals surface area contributed by atoms with E-state index in [1.54, 1.807) is 6.92 Å². The fourth-order valence-electron chi connectivity index (χ4n) is 1.80. The van der Waals surface area contributed by atoms with Crippen LogP contribution in [-0.2, 0) is 18.4 Å². The number of rotatable bonds is 10. The van der Waals surface area contributed by atoms with Crippen molar-refractivity contribution in [1.29, 1.82) is 0 Å². The highest BCUT2D eigenvalue weighted by Gasteiger charge is 2.43. The zero-order valence-electron chi connectivity index (χ0n) is 13.5. The predicted octanol–water partition coefficient (Wildman–Crippen LogP) is 3.20. The molecule has 0 aromatic heterocycles. The van der Waals surface area contributed by atoms with Gasteiger partial charge in [-0.1, -0.05) is 24.8 Å². The summed E-state index contributed by atoms with van der Waals surface area (Å²) in [6, 6.07) is 9.76. The Balaban J connectivity index is 2.76. The van der Waals surface area contributed by atoms with Crippen LogP contribution in [0.4, 0.5) is 0 Å². The molecule has 22 heavy (non-hydrogen) atoms. The Kier molecular flexibility index (Phi) is 7.87. The number of hydrogen-bond donors (Lipinski definition) is 0. The Morgan fingerprint density at radius 3 is 2.23 bits per heavy atom. The highest BCUT2D eigenvalue weighted by molar-refractivity contribution is 6.61. The van der Waals surface area contributed by atoms with Crippen LogP contribution >= 0.6 is 0 Å². The molecule has 0 N–H and O–H groups in total. The molecule has 122 valence electrons. The lowest BCUT2D eigenvalue weighted by atomic mass is 10.3. The monoisotopic (exact) mass is 324 g/mol. The Bertz CT molecular complexity index is 469. The van der Waals surface area contributed by atoms with Crippen molar-refractivity contribution < 1.29 is 22.8 Å². The molecule has 0 amide bonds. The van der Waals surface area contributed by atoms with E-state index in [0.29, 0.717) is 30.6 Å². The number of carbonyl (C=O) groups excluding carboxylic acids is 1. The molecule has 1 aromatic rings. The van der Waals surface area contributed by atoms with Gasteiger partial charge in [-0.05, 0) is 32.9 Å². The molecule has 0 bridgehead atoms. The first-order valence-corrected chi connectivity index (χ1v) is 9.30. The summed E-state index contributed by atoms with van der Waals surface area (Å²) in [7, 11) is -2.94. The maximum Gasteiger partial charge on any atom is 0.569 e. The number of para-hydroxylation sites is 1. The highest BCUT2D eigenvalue weighted by atomic mass is 28.4. The molecule has 6 heteroatoms. The molecule has 0 saturated heterocycles. The van der Waals surface area contributed by atoms with Crippen molar-refractivity contribution >= 4 is 14.8 Å². The summed E-state index contributed by atoms with van der Waals surface area (Å²) >= 11 is 0. The first-order chi connectivity index (χ1) is 10.5. The zero-order chi connectivity index (χ0) is 16.4. The Labute approximate surface area is 133 Å². The minimum atomic E-state index is -2.94. The second kappa shape index (κ2) is 9.40. The third kappa shape index (κ3) is 6.01. The van der Waals surface area contributed by atoms with E-state index in [1.165, 1.54) is 0 Å². The number of benzene rings is 1. The summed E-state index contributed by atoms with van der Waals surface area (Å²) in [5, 5.41) is 0. The topological polar surface area (TPSA) is 54.0 Å². The van der Waals surface area contributed by atoms with Crippen molar-refractivity contribution in [3.63, 3.8) is 0 Å². The summed E-state index contributed by atoms with van der Waals surface area (Å²) < 4.78 is 22.7. The number of hydrogen-bond acceptors (Lipinski definition) is 5. The number of esters is 1. The Hall–Kier alpha value is -1.63. The molecule has 0 fully saturated rings. The van der Waals surface area contributed by atoms with Gasteiger partial charge < -0.3 is 18.0 Å². The molecule has 0 radical (unpaired) electrons. The molecule has 0 aliphatic heterocycles. The summed E-state index contributed by atoms with van der Waals surface area (Å²) in [4.78, 5) is 11.5. The molecule has 0 heterocycles. The van der Waals surface area contributed by atoms with E-state index in [4.69, 9.17) is 18.0 Å². The quantitative estimate of drug-likeness (QED) is 0.376. The van der Waals surface area contributed by atoms with Gasteiger partial charge in [0.15, 0.2) is 0 Å². The van der Waals surface area contributed by atoms with Crippen LogP contribution in [0.25, 0.3) is 0 Å². The molecule has 1 rings (SSSR count). The normalized spacial score (nSPS) is 11.0. The van der Waals surface area contributed by atoms with Crippen molar-refractivity contribution in [3.8, 4) is 5.75 Å². The van der Waals surface area contributed by atoms with Crippen molar-refractivity contribution in [1.82, 2.24) is 0 Å². The summed E-state index contributed by atoms with van der Waals surface area (Å²) in [5.74, 6) is 0.262. The van der Waals surface area contributed by atoms with Gasteiger partial charge in [0.05, 0.1) is 12.7 Å². The van der Waals surface area contributed by atoms with Crippen molar-refractivity contribution in [2.75, 3.05) is 19.8 Å². The first kappa shape index (κ1) is 18.4. The molecule has 5 nitrogen and oxygen atoms in total. The SMILES string of the molecule is C=C(C)C(=O)OCC[Si](OCC)(OCC)Oc1ccccc1. The lowest BCUT2D eigenvalue weighted by molar-refractivity contribution is -0.138. The fraction of sp³-hybridized carbons (Fsp3) is 0.438. The number of ether oxygens (including phenoxy) is 1. The predicted molar refractivity (Wildman–Crippen MR) is 86.7 cm³/mol. The van der Waals surface area contributed by atoms with Crippen LogP contribution in [0, 0.1) is 0 Å². The minimum Gasteiger partial charge on any atom is -0.501 e. The van der Waals surface area contributed by atoms with Gasteiger partial charge in [0, 0.05) is 18.8 Å². The first-order valence-electron chi connectivity index (χ1n) is 7.37. The lowest BCUT2D eigenvalue weighted by Crippen LogP contribution is -2.50. The average Bonchev–Trinajstić information content (AvgIpc) is 2.48. The molecule has 0 aliphatic carbocycles. The van der Waals surface area contributed by atoms with E-state index >= 15 is 0 Å². The lowest BCUT2D eigenvalue weighted by Gasteiger charge is -2.29. The summed E-state index contributed by atoms with van der Waals surface area (Å²) in [6.45, 7) is 10.0. The van der Waals surface area contributed by atoms with Crippen LogP contribution in [0.5, 0.6) is 5.75 Å². The fourth-order valence-corrected chi connectivity index (χ4v) is 4.11. The Morgan fingerprint density at radius 2 is 1.73 bits per heavy atom. The van der Waals surface area contributed by atoms with E-state index in [9.17, 15) is 4.79 Å². The van der Waals surface area contributed by atoms with E-state index in [2.05, 4.69) is 6.58 Å². The van der Waals surface area contributed by atoms with Crippen molar-refractivity contribution in [3.05, 3.63) is 42.5 Å². The molecular weight excluding hydrogens is 300 g/mol. The van der Waals surface area contributed by atoms with Gasteiger partial charge in [-0.25, -0.2) is 4.79 Å². The highest BCUT2D eigenvalue weighted by Crippen LogP contribution is 2.21. The maximum absolute atomic E-state index is 11.5. The second-order valence-corrected chi connectivity index (χ2v) is 7.28. The van der Waals surface area contributed by atoms with Crippen molar-refractivity contribution in [2.24, 2.45) is 0 Å². The van der Waals surface area contributed by atoms with Gasteiger partial charge in [-0.15, -0.1) is 0 Å². The van der Waals surface area contributed by atoms with Crippen LogP contribution in [-0.4, -0.2) is 34.6 Å². The Morgan fingerprint density at radius 1 is 1.14 bits per heavy atom. The summed E-state index contributed by atoms with van der Waals surface area (Å²) in [5.41, 5.74) is 0.365. The van der Waals surface area contributed by atoms with Gasteiger partial charge in [0.25, 0.3) is 0 Å². The van der Waals surface area contributed by atoms with Gasteiger partial charge in [0.1, 0.15) is 5.75 Å². The van der Waals surface area contributed by atoms with E-state index in [1.807, 2.05) is 44.2 Å². The van der Waals surface area contributed by atoms with Gasteiger partial charge >= 0.3 is 14.8 Å². The molecule has 0 unspecified atom stereocenters. The van der Waals surface area contributed by atoms with Crippen LogP contribution in [0.3, 0.4) is 0 Å². The largest absolute Gasteiger partial charge is 0.569 e. The van der Waals surface area contributed by atoms with E-state index in [-0.39, 0.29) is 6.61 Å². The van der Waals surface area contributed by atoms with Crippen LogP contribution in [0.2, 0.25) is 6.04 Å². The number of carbonyl (C=O) groups is 1. The van der Waals surface area contributed by atoms with Crippen molar-refractivity contribution in [2.45, 2.75) is 26.8 Å². The molecular formula is C16H24O5Si. The molecule has 0 spiro atoms. The smallest absolute Gasteiger partial charge is 0.501 e. The van der Waals surface area contributed by atoms with Gasteiger partial charge in [0.2, 0.25) is 0 Å². The van der Waals surface area contributed by atoms with Gasteiger partial charge in [-0.2, -0.15) is 0 Å². The van der Waals surface area contributed by atoms with Gasteiger partial charge in [-0.3, -0.25) is 0 Å². The standard InChI is InChI=1S/C16H24O5Si/c1-5-19-22(20-6-2,13-12-18-16(17)14(3)4)21-15-10-8-7-9-11-15/h7-11H,3,5-6,12-13H2,1-2,4H3. The molecule has 1 aromatic carbocycles. The molecule has 0 saturated carbocycles. The second-order valence-electron chi connectivity index (χ2n) is 4.63. The summed E-state index contributed by atoms with van der Waals surface area (Å²) in [6.07, 6.45) is 0. The average molecular weight is 324 g/mol.